The van der Waals surface area contributed by atoms with Crippen molar-refractivity contribution in [1.82, 2.24) is 9.78 Å². The van der Waals surface area contributed by atoms with Gasteiger partial charge in [-0.25, -0.2) is 4.39 Å². The van der Waals surface area contributed by atoms with Crippen LogP contribution in [-0.2, 0) is 20.1 Å². The number of ether oxygens (including phenoxy) is 1. The average molecular weight is 249 g/mol. The lowest BCUT2D eigenvalue weighted by atomic mass is 10.1. The van der Waals surface area contributed by atoms with E-state index >= 15 is 0 Å². The Balaban J connectivity index is 2.08. The molecule has 18 heavy (non-hydrogen) atoms. The molecule has 0 unspecified atom stereocenters. The smallest absolute Gasteiger partial charge is 0.123 e. The van der Waals surface area contributed by atoms with Crippen LogP contribution in [0.2, 0.25) is 0 Å². The van der Waals surface area contributed by atoms with Crippen molar-refractivity contribution in [3.63, 3.8) is 0 Å². The Morgan fingerprint density at radius 3 is 2.94 bits per heavy atom. The van der Waals surface area contributed by atoms with Gasteiger partial charge in [-0.3, -0.25) is 4.68 Å². The first-order valence-corrected chi connectivity index (χ1v) is 5.78. The molecule has 0 radical (unpaired) electrons. The first kappa shape index (κ1) is 12.6. The molecule has 0 aliphatic rings. The second kappa shape index (κ2) is 5.64. The Hall–Kier alpha value is -1.88. The summed E-state index contributed by atoms with van der Waals surface area (Å²) >= 11 is 0. The van der Waals surface area contributed by atoms with Gasteiger partial charge in [0.15, 0.2) is 0 Å². The number of nitrogens with zero attached hydrogens (tertiary/aromatic N) is 2. The van der Waals surface area contributed by atoms with Gasteiger partial charge in [0.25, 0.3) is 0 Å². The number of nitrogens with two attached hydrogens (primary N) is 1. The minimum absolute atomic E-state index is 0.271. The lowest BCUT2D eigenvalue weighted by molar-refractivity contribution is 0.302. The zero-order valence-electron chi connectivity index (χ0n) is 10.3. The molecule has 0 fully saturated rings. The Kier molecular flexibility index (Phi) is 3.94. The van der Waals surface area contributed by atoms with Crippen molar-refractivity contribution in [2.24, 2.45) is 12.8 Å². The third-order valence-corrected chi connectivity index (χ3v) is 2.59. The lowest BCUT2D eigenvalue weighted by Gasteiger charge is -2.10. The SMILES string of the molecule is Cn1cc(COc2ccc(F)cc2CCN)cn1. The number of halogens is 1. The fourth-order valence-corrected chi connectivity index (χ4v) is 1.75. The monoisotopic (exact) mass is 249 g/mol. The van der Waals surface area contributed by atoms with E-state index in [1.807, 2.05) is 13.2 Å². The van der Waals surface area contributed by atoms with Gasteiger partial charge in [0, 0.05) is 18.8 Å². The molecule has 5 heteroatoms. The maximum atomic E-state index is 13.1. The summed E-state index contributed by atoms with van der Waals surface area (Å²) < 4.78 is 20.5. The predicted octanol–water partition coefficient (Wildman–Crippen LogP) is 1.64. The number of aryl methyl sites for hydroxylation is 1. The number of rotatable bonds is 5. The molecule has 0 saturated carbocycles. The van der Waals surface area contributed by atoms with Crippen LogP contribution in [0.25, 0.3) is 0 Å². The van der Waals surface area contributed by atoms with Crippen molar-refractivity contribution in [1.29, 1.82) is 0 Å². The molecule has 2 rings (SSSR count). The van der Waals surface area contributed by atoms with Crippen molar-refractivity contribution >= 4 is 0 Å². The lowest BCUT2D eigenvalue weighted by Crippen LogP contribution is -2.05. The van der Waals surface area contributed by atoms with Crippen LogP contribution in [0.3, 0.4) is 0 Å². The van der Waals surface area contributed by atoms with E-state index in [-0.39, 0.29) is 5.82 Å². The molecule has 1 aromatic carbocycles. The van der Waals surface area contributed by atoms with E-state index < -0.39 is 0 Å². The summed E-state index contributed by atoms with van der Waals surface area (Å²) in [4.78, 5) is 0. The van der Waals surface area contributed by atoms with Crippen molar-refractivity contribution in [3.8, 4) is 5.75 Å². The summed E-state index contributed by atoms with van der Waals surface area (Å²) in [5, 5.41) is 4.06. The molecular formula is C13H16FN3O. The van der Waals surface area contributed by atoms with E-state index in [4.69, 9.17) is 10.5 Å². The van der Waals surface area contributed by atoms with Crippen LogP contribution in [0.5, 0.6) is 5.75 Å². The maximum absolute atomic E-state index is 13.1. The molecule has 1 heterocycles. The molecule has 0 atom stereocenters. The van der Waals surface area contributed by atoms with Crippen molar-refractivity contribution < 1.29 is 9.13 Å². The highest BCUT2D eigenvalue weighted by Crippen LogP contribution is 2.21. The minimum Gasteiger partial charge on any atom is -0.489 e. The summed E-state index contributed by atoms with van der Waals surface area (Å²) in [6, 6.07) is 4.49. The summed E-state index contributed by atoms with van der Waals surface area (Å²) in [7, 11) is 1.85. The quantitative estimate of drug-likeness (QED) is 0.876. The van der Waals surface area contributed by atoms with E-state index in [1.54, 1.807) is 16.9 Å². The molecule has 0 spiro atoms. The van der Waals surface area contributed by atoms with Crippen LogP contribution >= 0.6 is 0 Å². The molecule has 2 N–H and O–H groups in total. The standard InChI is InChI=1S/C13H16FN3O/c1-17-8-10(7-16-17)9-18-13-3-2-12(14)6-11(13)4-5-15/h2-3,6-8H,4-5,9,15H2,1H3. The predicted molar refractivity (Wildman–Crippen MR) is 66.7 cm³/mol. The van der Waals surface area contributed by atoms with E-state index in [0.29, 0.717) is 25.3 Å². The second-order valence-corrected chi connectivity index (χ2v) is 4.10. The van der Waals surface area contributed by atoms with Crippen molar-refractivity contribution in [3.05, 3.63) is 47.5 Å². The van der Waals surface area contributed by atoms with E-state index in [0.717, 1.165) is 11.1 Å². The van der Waals surface area contributed by atoms with Crippen molar-refractivity contribution in [2.75, 3.05) is 6.54 Å². The van der Waals surface area contributed by atoms with Gasteiger partial charge < -0.3 is 10.5 Å². The Bertz CT molecular complexity index is 525. The van der Waals surface area contributed by atoms with Gasteiger partial charge in [-0.05, 0) is 36.7 Å². The van der Waals surface area contributed by atoms with Gasteiger partial charge in [-0.1, -0.05) is 0 Å². The highest BCUT2D eigenvalue weighted by atomic mass is 19.1. The molecule has 0 saturated heterocycles. The highest BCUT2D eigenvalue weighted by Gasteiger charge is 2.06. The first-order chi connectivity index (χ1) is 8.69. The van der Waals surface area contributed by atoms with E-state index in [2.05, 4.69) is 5.10 Å². The molecule has 0 aliphatic carbocycles. The van der Waals surface area contributed by atoms with Crippen LogP contribution in [0, 0.1) is 5.82 Å². The molecule has 0 bridgehead atoms. The molecule has 0 amide bonds. The van der Waals surface area contributed by atoms with Crippen LogP contribution in [0.15, 0.2) is 30.6 Å². The topological polar surface area (TPSA) is 53.1 Å². The highest BCUT2D eigenvalue weighted by molar-refractivity contribution is 5.34. The Morgan fingerprint density at radius 2 is 2.28 bits per heavy atom. The third-order valence-electron chi connectivity index (χ3n) is 2.59. The number of hydrogen-bond donors (Lipinski definition) is 1. The molecular weight excluding hydrogens is 233 g/mol. The normalized spacial score (nSPS) is 10.6. The second-order valence-electron chi connectivity index (χ2n) is 4.10. The van der Waals surface area contributed by atoms with Gasteiger partial charge in [-0.15, -0.1) is 0 Å². The van der Waals surface area contributed by atoms with Crippen molar-refractivity contribution in [2.45, 2.75) is 13.0 Å². The fraction of sp³-hybridized carbons (Fsp3) is 0.308. The largest absolute Gasteiger partial charge is 0.489 e. The molecule has 2 aromatic rings. The molecule has 0 aliphatic heterocycles. The molecule has 96 valence electrons. The maximum Gasteiger partial charge on any atom is 0.123 e. The molecule has 4 nitrogen and oxygen atoms in total. The van der Waals surface area contributed by atoms with Gasteiger partial charge in [0.05, 0.1) is 6.20 Å². The van der Waals surface area contributed by atoms with Crippen LogP contribution < -0.4 is 10.5 Å². The summed E-state index contributed by atoms with van der Waals surface area (Å²) in [5.41, 5.74) is 7.26. The average Bonchev–Trinajstić information content (AvgIpc) is 2.75. The fourth-order valence-electron chi connectivity index (χ4n) is 1.75. The third kappa shape index (κ3) is 3.07. The zero-order chi connectivity index (χ0) is 13.0. The summed E-state index contributed by atoms with van der Waals surface area (Å²) in [6.45, 7) is 0.879. The van der Waals surface area contributed by atoms with E-state index in [9.17, 15) is 4.39 Å². The number of hydrogen-bond acceptors (Lipinski definition) is 3. The number of aromatic nitrogens is 2. The Labute approximate surface area is 105 Å². The van der Waals surface area contributed by atoms with Gasteiger partial charge in [-0.2, -0.15) is 5.10 Å². The van der Waals surface area contributed by atoms with Crippen LogP contribution in [-0.4, -0.2) is 16.3 Å². The van der Waals surface area contributed by atoms with Crippen LogP contribution in [0.1, 0.15) is 11.1 Å². The van der Waals surface area contributed by atoms with Gasteiger partial charge in [0.1, 0.15) is 18.2 Å². The van der Waals surface area contributed by atoms with Crippen LogP contribution in [0.4, 0.5) is 4.39 Å². The van der Waals surface area contributed by atoms with E-state index in [1.165, 1.54) is 12.1 Å². The summed E-state index contributed by atoms with van der Waals surface area (Å²) in [6.07, 6.45) is 4.22. The van der Waals surface area contributed by atoms with Gasteiger partial charge >= 0.3 is 0 Å². The Morgan fingerprint density at radius 1 is 1.44 bits per heavy atom. The van der Waals surface area contributed by atoms with Gasteiger partial charge in [0.2, 0.25) is 0 Å². The summed E-state index contributed by atoms with van der Waals surface area (Å²) in [5.74, 6) is 0.401. The number of benzene rings is 1. The minimum atomic E-state index is -0.271. The first-order valence-electron chi connectivity index (χ1n) is 5.78. The zero-order valence-corrected chi connectivity index (χ0v) is 10.3. The molecule has 1 aromatic heterocycles.